The molecule has 2 saturated carbocycles. The Bertz CT molecular complexity index is 498. The molecule has 6 heteroatoms. The molecule has 2 fully saturated rings. The van der Waals surface area contributed by atoms with Crippen LogP contribution in [0.5, 0.6) is 5.88 Å². The fourth-order valence-corrected chi connectivity index (χ4v) is 2.15. The van der Waals surface area contributed by atoms with Gasteiger partial charge in [0, 0.05) is 25.4 Å². The van der Waals surface area contributed by atoms with Crippen molar-refractivity contribution >= 4 is 29.9 Å². The smallest absolute Gasteiger partial charge is 0.213 e. The van der Waals surface area contributed by atoms with E-state index in [2.05, 4.69) is 27.5 Å². The number of hydrogen-bond donors (Lipinski definition) is 2. The highest BCUT2D eigenvalue weighted by atomic mass is 127. The molecule has 5 nitrogen and oxygen atoms in total. The van der Waals surface area contributed by atoms with Crippen molar-refractivity contribution in [2.75, 3.05) is 19.7 Å². The first kappa shape index (κ1) is 18.3. The second kappa shape index (κ2) is 9.30. The summed E-state index contributed by atoms with van der Waals surface area (Å²) >= 11 is 0. The van der Waals surface area contributed by atoms with Crippen LogP contribution in [0.2, 0.25) is 0 Å². The van der Waals surface area contributed by atoms with E-state index in [1.165, 1.54) is 25.7 Å². The minimum atomic E-state index is 0. The fraction of sp³-hybridized carbons (Fsp3) is 0.647. The number of aromatic nitrogens is 1. The van der Waals surface area contributed by atoms with Crippen molar-refractivity contribution in [3.63, 3.8) is 0 Å². The predicted octanol–water partition coefficient (Wildman–Crippen LogP) is 2.95. The zero-order valence-electron chi connectivity index (χ0n) is 13.8. The summed E-state index contributed by atoms with van der Waals surface area (Å²) in [5, 5.41) is 6.68. The van der Waals surface area contributed by atoms with Gasteiger partial charge in [0.25, 0.3) is 0 Å². The molecule has 0 bridgehead atoms. The van der Waals surface area contributed by atoms with Crippen LogP contribution in [0.25, 0.3) is 0 Å². The van der Waals surface area contributed by atoms with Gasteiger partial charge in [-0.3, -0.25) is 0 Å². The lowest BCUT2D eigenvalue weighted by molar-refractivity contribution is 0.288. The maximum absolute atomic E-state index is 5.65. The van der Waals surface area contributed by atoms with Crippen molar-refractivity contribution in [1.29, 1.82) is 0 Å². The molecule has 3 rings (SSSR count). The van der Waals surface area contributed by atoms with Crippen LogP contribution < -0.4 is 15.4 Å². The summed E-state index contributed by atoms with van der Waals surface area (Å²) in [6.45, 7) is 5.43. The van der Waals surface area contributed by atoms with E-state index >= 15 is 0 Å². The second-order valence-corrected chi connectivity index (χ2v) is 6.28. The van der Waals surface area contributed by atoms with Crippen LogP contribution in [0.3, 0.4) is 0 Å². The average molecular weight is 430 g/mol. The monoisotopic (exact) mass is 430 g/mol. The Morgan fingerprint density at radius 2 is 2.00 bits per heavy atom. The van der Waals surface area contributed by atoms with Crippen LogP contribution in [0, 0.1) is 11.8 Å². The fourth-order valence-electron chi connectivity index (χ4n) is 2.15. The molecule has 2 aliphatic rings. The van der Waals surface area contributed by atoms with Crippen LogP contribution in [0.1, 0.15) is 38.2 Å². The van der Waals surface area contributed by atoms with E-state index in [9.17, 15) is 0 Å². The number of aliphatic imine (C=N–C) groups is 1. The van der Waals surface area contributed by atoms with Gasteiger partial charge < -0.3 is 15.4 Å². The van der Waals surface area contributed by atoms with Gasteiger partial charge in [-0.05, 0) is 50.0 Å². The molecular weight excluding hydrogens is 403 g/mol. The van der Waals surface area contributed by atoms with Gasteiger partial charge in [0.1, 0.15) is 0 Å². The summed E-state index contributed by atoms with van der Waals surface area (Å²) in [5.74, 6) is 3.21. The highest BCUT2D eigenvalue weighted by molar-refractivity contribution is 14.0. The SMILES string of the molecule is CCNC(=NCc1ccc(OCC2CC2)nc1)NCC1CC1.I. The summed E-state index contributed by atoms with van der Waals surface area (Å²) in [6.07, 6.45) is 7.15. The van der Waals surface area contributed by atoms with Gasteiger partial charge in [-0.1, -0.05) is 6.07 Å². The minimum absolute atomic E-state index is 0. The molecule has 0 amide bonds. The first-order chi connectivity index (χ1) is 10.8. The number of halogens is 1. The van der Waals surface area contributed by atoms with Gasteiger partial charge in [-0.25, -0.2) is 9.98 Å². The largest absolute Gasteiger partial charge is 0.477 e. The summed E-state index contributed by atoms with van der Waals surface area (Å²) < 4.78 is 5.65. The highest BCUT2D eigenvalue weighted by Gasteiger charge is 2.22. The van der Waals surface area contributed by atoms with Crippen LogP contribution in [0.4, 0.5) is 0 Å². The molecule has 1 aromatic rings. The molecule has 0 unspecified atom stereocenters. The van der Waals surface area contributed by atoms with Crippen molar-refractivity contribution < 1.29 is 4.74 Å². The Morgan fingerprint density at radius 3 is 2.61 bits per heavy atom. The molecule has 0 radical (unpaired) electrons. The van der Waals surface area contributed by atoms with Crippen molar-refractivity contribution in [3.05, 3.63) is 23.9 Å². The number of hydrogen-bond acceptors (Lipinski definition) is 3. The highest BCUT2D eigenvalue weighted by Crippen LogP contribution is 2.29. The molecule has 128 valence electrons. The summed E-state index contributed by atoms with van der Waals surface area (Å²) in [4.78, 5) is 8.97. The molecule has 0 aliphatic heterocycles. The lowest BCUT2D eigenvalue weighted by atomic mass is 10.3. The number of guanidine groups is 1. The van der Waals surface area contributed by atoms with E-state index in [-0.39, 0.29) is 24.0 Å². The minimum Gasteiger partial charge on any atom is -0.477 e. The first-order valence-corrected chi connectivity index (χ1v) is 8.43. The maximum atomic E-state index is 5.65. The summed E-state index contributed by atoms with van der Waals surface area (Å²) in [6, 6.07) is 3.99. The lowest BCUT2D eigenvalue weighted by Crippen LogP contribution is -2.38. The second-order valence-electron chi connectivity index (χ2n) is 6.28. The van der Waals surface area contributed by atoms with Crippen LogP contribution in [-0.4, -0.2) is 30.6 Å². The van der Waals surface area contributed by atoms with E-state index in [0.29, 0.717) is 6.54 Å². The van der Waals surface area contributed by atoms with Crippen molar-refractivity contribution in [3.8, 4) is 5.88 Å². The van der Waals surface area contributed by atoms with E-state index in [1.807, 2.05) is 18.3 Å². The van der Waals surface area contributed by atoms with Gasteiger partial charge in [0.2, 0.25) is 5.88 Å². The van der Waals surface area contributed by atoms with Gasteiger partial charge in [0.05, 0.1) is 13.2 Å². The van der Waals surface area contributed by atoms with Crippen LogP contribution in [0.15, 0.2) is 23.3 Å². The zero-order valence-corrected chi connectivity index (χ0v) is 16.1. The number of rotatable bonds is 8. The number of nitrogens with zero attached hydrogens (tertiary/aromatic N) is 2. The van der Waals surface area contributed by atoms with Gasteiger partial charge >= 0.3 is 0 Å². The molecule has 0 atom stereocenters. The molecule has 0 aromatic carbocycles. The number of ether oxygens (including phenoxy) is 1. The Hall–Kier alpha value is -1.05. The molecule has 23 heavy (non-hydrogen) atoms. The van der Waals surface area contributed by atoms with Crippen molar-refractivity contribution in [2.45, 2.75) is 39.2 Å². The number of pyridine rings is 1. The Kier molecular flexibility index (Phi) is 7.39. The zero-order chi connectivity index (χ0) is 15.2. The predicted molar refractivity (Wildman–Crippen MR) is 103 cm³/mol. The van der Waals surface area contributed by atoms with Crippen LogP contribution >= 0.6 is 24.0 Å². The molecule has 1 heterocycles. The average Bonchev–Trinajstić information content (AvgIpc) is 3.43. The van der Waals surface area contributed by atoms with Crippen molar-refractivity contribution in [2.24, 2.45) is 16.8 Å². The third kappa shape index (κ3) is 6.93. The summed E-state index contributed by atoms with van der Waals surface area (Å²) in [7, 11) is 0. The van der Waals surface area contributed by atoms with Crippen molar-refractivity contribution in [1.82, 2.24) is 15.6 Å². The van der Waals surface area contributed by atoms with Gasteiger partial charge in [-0.15, -0.1) is 24.0 Å². The first-order valence-electron chi connectivity index (χ1n) is 8.43. The van der Waals surface area contributed by atoms with E-state index < -0.39 is 0 Å². The quantitative estimate of drug-likeness (QED) is 0.378. The third-order valence-corrected chi connectivity index (χ3v) is 3.98. The van der Waals surface area contributed by atoms with E-state index in [0.717, 1.165) is 48.9 Å². The molecule has 2 N–H and O–H groups in total. The molecule has 0 spiro atoms. The van der Waals surface area contributed by atoms with E-state index in [1.54, 1.807) is 0 Å². The Morgan fingerprint density at radius 1 is 1.22 bits per heavy atom. The molecule has 0 saturated heterocycles. The van der Waals surface area contributed by atoms with Gasteiger partial charge in [-0.2, -0.15) is 0 Å². The Balaban J connectivity index is 0.00000192. The maximum Gasteiger partial charge on any atom is 0.213 e. The summed E-state index contributed by atoms with van der Waals surface area (Å²) in [5.41, 5.74) is 1.10. The van der Waals surface area contributed by atoms with E-state index in [4.69, 9.17) is 4.74 Å². The topological polar surface area (TPSA) is 58.5 Å². The molecule has 1 aromatic heterocycles. The lowest BCUT2D eigenvalue weighted by Gasteiger charge is -2.10. The standard InChI is InChI=1S/C17H26N4O.HI/c1-2-18-17(20-9-13-3-4-13)21-11-15-7-8-16(19-10-15)22-12-14-5-6-14;/h7-8,10,13-14H,2-6,9,11-12H2,1H3,(H2,18,20,21);1H. The Labute approximate surface area is 155 Å². The van der Waals surface area contributed by atoms with Gasteiger partial charge in [0.15, 0.2) is 5.96 Å². The number of nitrogens with one attached hydrogen (secondary N) is 2. The molecular formula is C17H27IN4O. The molecule has 2 aliphatic carbocycles. The normalized spacial score (nSPS) is 17.3. The third-order valence-electron chi connectivity index (χ3n) is 3.98. The van der Waals surface area contributed by atoms with Crippen LogP contribution in [-0.2, 0) is 6.54 Å².